The highest BCUT2D eigenvalue weighted by Gasteiger charge is 2.16. The van der Waals surface area contributed by atoms with E-state index in [1.807, 2.05) is 13.0 Å². The minimum Gasteiger partial charge on any atom is -0.368 e. The first-order valence-corrected chi connectivity index (χ1v) is 6.06. The van der Waals surface area contributed by atoms with E-state index in [1.54, 1.807) is 0 Å². The van der Waals surface area contributed by atoms with Crippen LogP contribution < -0.4 is 5.32 Å². The van der Waals surface area contributed by atoms with Gasteiger partial charge in [-0.2, -0.15) is 5.26 Å². The lowest BCUT2D eigenvalue weighted by atomic mass is 9.98. The second-order valence-corrected chi connectivity index (χ2v) is 4.23. The van der Waals surface area contributed by atoms with E-state index in [4.69, 9.17) is 10.00 Å². The first kappa shape index (κ1) is 13.0. The van der Waals surface area contributed by atoms with Crippen molar-refractivity contribution in [2.75, 3.05) is 6.61 Å². The van der Waals surface area contributed by atoms with Crippen LogP contribution in [0.4, 0.5) is 0 Å². The van der Waals surface area contributed by atoms with Crippen LogP contribution in [0.25, 0.3) is 0 Å². The lowest BCUT2D eigenvalue weighted by molar-refractivity contribution is -0.128. The average Bonchev–Trinajstić information content (AvgIpc) is 2.34. The largest absolute Gasteiger partial charge is 0.368 e. The van der Waals surface area contributed by atoms with E-state index >= 15 is 0 Å². The first-order chi connectivity index (χ1) is 7.76. The summed E-state index contributed by atoms with van der Waals surface area (Å²) in [6, 6.07) is 1.65. The molecule has 0 radical (unpaired) electrons. The molecule has 0 aromatic rings. The van der Waals surface area contributed by atoms with Crippen LogP contribution in [-0.2, 0) is 9.53 Å². The summed E-state index contributed by atoms with van der Waals surface area (Å²) in [6.45, 7) is 1.96. The summed E-state index contributed by atoms with van der Waals surface area (Å²) in [5.41, 5.74) is 0. The zero-order valence-corrected chi connectivity index (χ0v) is 9.87. The molecule has 4 nitrogen and oxygen atoms in total. The summed E-state index contributed by atoms with van der Waals surface area (Å²) in [6.07, 6.45) is 6.65. The fourth-order valence-electron chi connectivity index (χ4n) is 1.89. The lowest BCUT2D eigenvalue weighted by Gasteiger charge is -2.21. The number of ether oxygens (including phenoxy) is 1. The minimum atomic E-state index is -0.387. The Labute approximate surface area is 97.0 Å². The Morgan fingerprint density at radius 3 is 2.75 bits per heavy atom. The van der Waals surface area contributed by atoms with Gasteiger partial charge in [-0.05, 0) is 19.3 Å². The quantitative estimate of drug-likeness (QED) is 0.774. The summed E-state index contributed by atoms with van der Waals surface area (Å²) in [7, 11) is 0. The number of rotatable bonds is 5. The second kappa shape index (κ2) is 7.24. The van der Waals surface area contributed by atoms with Crippen LogP contribution >= 0.6 is 0 Å². The smallest absolute Gasteiger partial charge is 0.247 e. The third-order valence-corrected chi connectivity index (χ3v) is 2.90. The van der Waals surface area contributed by atoms with Gasteiger partial charge in [0.1, 0.15) is 12.6 Å². The third kappa shape index (κ3) is 4.63. The summed E-state index contributed by atoms with van der Waals surface area (Å²) in [5.74, 6) is -0.182. The number of hydrogen-bond acceptors (Lipinski definition) is 3. The topological polar surface area (TPSA) is 62.1 Å². The number of hydrogen-bond donors (Lipinski definition) is 1. The molecule has 0 bridgehead atoms. The van der Waals surface area contributed by atoms with Gasteiger partial charge in [0.25, 0.3) is 0 Å². The molecular formula is C12H20N2O2. The molecule has 1 atom stereocenters. The Balaban J connectivity index is 2.16. The maximum Gasteiger partial charge on any atom is 0.247 e. The van der Waals surface area contributed by atoms with Crippen molar-refractivity contribution in [2.45, 2.75) is 57.6 Å². The molecule has 1 aliphatic rings. The highest BCUT2D eigenvalue weighted by molar-refractivity contribution is 5.77. The van der Waals surface area contributed by atoms with Crippen LogP contribution in [0, 0.1) is 11.3 Å². The number of carbonyl (C=O) groups is 1. The second-order valence-electron chi connectivity index (χ2n) is 4.23. The zero-order chi connectivity index (χ0) is 11.8. The van der Waals surface area contributed by atoms with Crippen molar-refractivity contribution < 1.29 is 9.53 Å². The van der Waals surface area contributed by atoms with Crippen LogP contribution in [0.1, 0.15) is 45.4 Å². The molecule has 0 unspecified atom stereocenters. The van der Waals surface area contributed by atoms with Crippen LogP contribution in [0.15, 0.2) is 0 Å². The Bertz CT molecular complexity index is 254. The van der Waals surface area contributed by atoms with E-state index in [0.717, 1.165) is 12.8 Å². The van der Waals surface area contributed by atoms with Crippen LogP contribution in [-0.4, -0.2) is 24.7 Å². The Morgan fingerprint density at radius 2 is 2.19 bits per heavy atom. The van der Waals surface area contributed by atoms with Crippen LogP contribution in [0.3, 0.4) is 0 Å². The van der Waals surface area contributed by atoms with E-state index < -0.39 is 0 Å². The molecule has 1 rings (SSSR count). The minimum absolute atomic E-state index is 0.0862. The van der Waals surface area contributed by atoms with E-state index in [9.17, 15) is 4.79 Å². The molecular weight excluding hydrogens is 204 g/mol. The van der Waals surface area contributed by atoms with Crippen molar-refractivity contribution in [1.29, 1.82) is 5.26 Å². The molecule has 1 saturated carbocycles. The predicted molar refractivity (Wildman–Crippen MR) is 60.7 cm³/mol. The molecule has 1 fully saturated rings. The van der Waals surface area contributed by atoms with Crippen molar-refractivity contribution in [3.05, 3.63) is 0 Å². The van der Waals surface area contributed by atoms with Gasteiger partial charge in [0, 0.05) is 0 Å². The Kier molecular flexibility index (Phi) is 5.87. The van der Waals surface area contributed by atoms with E-state index in [1.165, 1.54) is 19.3 Å². The summed E-state index contributed by atoms with van der Waals surface area (Å²) in [4.78, 5) is 11.4. The molecule has 0 heterocycles. The van der Waals surface area contributed by atoms with E-state index in [2.05, 4.69) is 5.32 Å². The third-order valence-electron chi connectivity index (χ3n) is 2.90. The van der Waals surface area contributed by atoms with Crippen molar-refractivity contribution in [3.8, 4) is 6.07 Å². The predicted octanol–water partition coefficient (Wildman–Crippen LogP) is 1.75. The molecule has 4 heteroatoms. The Hall–Kier alpha value is -1.08. The highest BCUT2D eigenvalue weighted by atomic mass is 16.5. The summed E-state index contributed by atoms with van der Waals surface area (Å²) in [5, 5.41) is 11.3. The van der Waals surface area contributed by atoms with Gasteiger partial charge in [0.05, 0.1) is 12.2 Å². The van der Waals surface area contributed by atoms with Gasteiger partial charge in [0.2, 0.25) is 5.91 Å². The fourth-order valence-corrected chi connectivity index (χ4v) is 1.89. The van der Waals surface area contributed by atoms with Crippen LogP contribution in [0.2, 0.25) is 0 Å². The molecule has 90 valence electrons. The van der Waals surface area contributed by atoms with Crippen molar-refractivity contribution >= 4 is 5.91 Å². The molecule has 1 amide bonds. The molecule has 16 heavy (non-hydrogen) atoms. The van der Waals surface area contributed by atoms with Gasteiger partial charge in [-0.1, -0.05) is 26.2 Å². The molecule has 0 aromatic carbocycles. The number of nitriles is 1. The average molecular weight is 224 g/mol. The fraction of sp³-hybridized carbons (Fsp3) is 0.833. The Morgan fingerprint density at radius 1 is 1.50 bits per heavy atom. The van der Waals surface area contributed by atoms with Gasteiger partial charge in [-0.3, -0.25) is 4.79 Å². The molecule has 1 aliphatic carbocycles. The monoisotopic (exact) mass is 224 g/mol. The number of carbonyl (C=O) groups excluding carboxylic acids is 1. The standard InChI is InChI=1S/C12H20N2O2/c1-2-10(8-13)14-12(15)9-16-11-6-4-3-5-7-11/h10-11H,2-7,9H2,1H3,(H,14,15)/t10-/m0/s1. The van der Waals surface area contributed by atoms with Crippen molar-refractivity contribution in [1.82, 2.24) is 5.32 Å². The number of nitrogens with zero attached hydrogens (tertiary/aromatic N) is 1. The van der Waals surface area contributed by atoms with Gasteiger partial charge >= 0.3 is 0 Å². The van der Waals surface area contributed by atoms with Crippen molar-refractivity contribution in [2.24, 2.45) is 0 Å². The number of amides is 1. The van der Waals surface area contributed by atoms with E-state index in [-0.39, 0.29) is 24.7 Å². The SMILES string of the molecule is CC[C@@H](C#N)NC(=O)COC1CCCCC1. The molecule has 0 aliphatic heterocycles. The lowest BCUT2D eigenvalue weighted by Crippen LogP contribution is -2.37. The van der Waals surface area contributed by atoms with E-state index in [0.29, 0.717) is 6.42 Å². The molecule has 1 N–H and O–H groups in total. The van der Waals surface area contributed by atoms with Gasteiger partial charge in [-0.15, -0.1) is 0 Å². The van der Waals surface area contributed by atoms with Gasteiger partial charge in [0.15, 0.2) is 0 Å². The molecule has 0 aromatic heterocycles. The maximum atomic E-state index is 11.4. The maximum absolute atomic E-state index is 11.4. The molecule has 0 spiro atoms. The normalized spacial score (nSPS) is 18.8. The van der Waals surface area contributed by atoms with Crippen molar-refractivity contribution in [3.63, 3.8) is 0 Å². The van der Waals surface area contributed by atoms with Gasteiger partial charge < -0.3 is 10.1 Å². The van der Waals surface area contributed by atoms with Gasteiger partial charge in [-0.25, -0.2) is 0 Å². The number of nitrogens with one attached hydrogen (secondary N) is 1. The summed E-state index contributed by atoms with van der Waals surface area (Å²) < 4.78 is 5.51. The first-order valence-electron chi connectivity index (χ1n) is 6.06. The molecule has 0 saturated heterocycles. The summed E-state index contributed by atoms with van der Waals surface area (Å²) >= 11 is 0. The highest BCUT2D eigenvalue weighted by Crippen LogP contribution is 2.19. The zero-order valence-electron chi connectivity index (χ0n) is 9.87. The van der Waals surface area contributed by atoms with Crippen LogP contribution in [0.5, 0.6) is 0 Å².